The normalized spacial score (nSPS) is 11.5. The molecule has 3 aromatic rings. The van der Waals surface area contributed by atoms with Crippen molar-refractivity contribution in [1.29, 1.82) is 0 Å². The van der Waals surface area contributed by atoms with Gasteiger partial charge >= 0.3 is 0 Å². The molecule has 3 heterocycles. The highest BCUT2D eigenvalue weighted by atomic mass is 15.3. The summed E-state index contributed by atoms with van der Waals surface area (Å²) >= 11 is 0. The van der Waals surface area contributed by atoms with Gasteiger partial charge < -0.3 is 4.90 Å². The summed E-state index contributed by atoms with van der Waals surface area (Å²) in [6.45, 7) is 10.5. The number of rotatable bonds is 7. The van der Waals surface area contributed by atoms with Gasteiger partial charge in [-0.25, -0.2) is 14.6 Å². The summed E-state index contributed by atoms with van der Waals surface area (Å²) in [6, 6.07) is 3.85. The molecule has 0 aliphatic rings. The minimum atomic E-state index is 0.717. The lowest BCUT2D eigenvalue weighted by molar-refractivity contribution is 0.291. The maximum absolute atomic E-state index is 4.75. The standard InChI is InChI=1S/C18H24N6/c1-4-23(5-2)11-6-12-24-18-16(14(3)22-24)13-20-17(21-18)15-7-9-19-10-8-15/h7-10,13H,4-6,11-12H2,1-3H3. The molecule has 0 aromatic carbocycles. The van der Waals surface area contributed by atoms with Gasteiger partial charge in [0.1, 0.15) is 0 Å². The molecule has 3 aromatic heterocycles. The van der Waals surface area contributed by atoms with Crippen LogP contribution in [0.2, 0.25) is 0 Å². The van der Waals surface area contributed by atoms with E-state index in [9.17, 15) is 0 Å². The highest BCUT2D eigenvalue weighted by Crippen LogP contribution is 2.20. The predicted octanol–water partition coefficient (Wildman–Crippen LogP) is 2.93. The van der Waals surface area contributed by atoms with Crippen LogP contribution in [0.3, 0.4) is 0 Å². The molecule has 6 nitrogen and oxygen atoms in total. The van der Waals surface area contributed by atoms with Crippen LogP contribution in [0.1, 0.15) is 26.0 Å². The van der Waals surface area contributed by atoms with Gasteiger partial charge in [0.2, 0.25) is 0 Å². The topological polar surface area (TPSA) is 59.7 Å². The van der Waals surface area contributed by atoms with E-state index < -0.39 is 0 Å². The van der Waals surface area contributed by atoms with E-state index in [-0.39, 0.29) is 0 Å². The van der Waals surface area contributed by atoms with Crippen molar-refractivity contribution in [3.8, 4) is 11.4 Å². The van der Waals surface area contributed by atoms with Crippen molar-refractivity contribution in [2.45, 2.75) is 33.7 Å². The molecule has 24 heavy (non-hydrogen) atoms. The summed E-state index contributed by atoms with van der Waals surface area (Å²) in [7, 11) is 0. The van der Waals surface area contributed by atoms with Crippen LogP contribution in [0.15, 0.2) is 30.7 Å². The summed E-state index contributed by atoms with van der Waals surface area (Å²) in [5, 5.41) is 5.68. The van der Waals surface area contributed by atoms with Crippen LogP contribution in [0, 0.1) is 6.92 Å². The summed E-state index contributed by atoms with van der Waals surface area (Å²) in [6.07, 6.45) is 6.46. The minimum absolute atomic E-state index is 0.717. The maximum Gasteiger partial charge on any atom is 0.162 e. The van der Waals surface area contributed by atoms with Crippen LogP contribution in [0.4, 0.5) is 0 Å². The Bertz CT molecular complexity index is 792. The van der Waals surface area contributed by atoms with Crippen LogP contribution in [0.5, 0.6) is 0 Å². The number of fused-ring (bicyclic) bond motifs is 1. The zero-order chi connectivity index (χ0) is 16.9. The molecule has 3 rings (SSSR count). The molecule has 126 valence electrons. The Labute approximate surface area is 142 Å². The van der Waals surface area contributed by atoms with Crippen molar-refractivity contribution in [1.82, 2.24) is 29.6 Å². The quantitative estimate of drug-likeness (QED) is 0.669. The van der Waals surface area contributed by atoms with E-state index >= 15 is 0 Å². The molecule has 0 atom stereocenters. The van der Waals surface area contributed by atoms with Crippen molar-refractivity contribution in [2.75, 3.05) is 19.6 Å². The summed E-state index contributed by atoms with van der Waals surface area (Å²) in [5.41, 5.74) is 2.86. The Morgan fingerprint density at radius 1 is 1.12 bits per heavy atom. The molecule has 0 bridgehead atoms. The number of nitrogens with zero attached hydrogens (tertiary/aromatic N) is 6. The fourth-order valence-electron chi connectivity index (χ4n) is 2.89. The Balaban J connectivity index is 1.85. The second-order valence-electron chi connectivity index (χ2n) is 5.86. The second-order valence-corrected chi connectivity index (χ2v) is 5.86. The third-order valence-corrected chi connectivity index (χ3v) is 4.35. The lowest BCUT2D eigenvalue weighted by atomic mass is 10.2. The molecule has 0 aliphatic carbocycles. The van der Waals surface area contributed by atoms with Gasteiger partial charge in [-0.15, -0.1) is 0 Å². The first kappa shape index (κ1) is 16.5. The van der Waals surface area contributed by atoms with Gasteiger partial charge in [-0.05, 0) is 45.1 Å². The van der Waals surface area contributed by atoms with Gasteiger partial charge in [0.25, 0.3) is 0 Å². The number of aryl methyl sites for hydroxylation is 2. The predicted molar refractivity (Wildman–Crippen MR) is 95.7 cm³/mol. The van der Waals surface area contributed by atoms with Crippen LogP contribution < -0.4 is 0 Å². The molecule has 0 unspecified atom stereocenters. The average Bonchev–Trinajstić information content (AvgIpc) is 2.95. The van der Waals surface area contributed by atoms with Crippen LogP contribution in [-0.4, -0.2) is 49.3 Å². The van der Waals surface area contributed by atoms with Gasteiger partial charge in [-0.3, -0.25) is 4.98 Å². The third-order valence-electron chi connectivity index (χ3n) is 4.35. The van der Waals surface area contributed by atoms with Crippen molar-refractivity contribution in [3.63, 3.8) is 0 Å². The maximum atomic E-state index is 4.75. The molecular formula is C18H24N6. The Hall–Kier alpha value is -2.34. The van der Waals surface area contributed by atoms with E-state index in [4.69, 9.17) is 4.98 Å². The third kappa shape index (κ3) is 3.43. The number of hydrogen-bond acceptors (Lipinski definition) is 5. The Morgan fingerprint density at radius 3 is 2.58 bits per heavy atom. The lowest BCUT2D eigenvalue weighted by Gasteiger charge is -2.17. The summed E-state index contributed by atoms with van der Waals surface area (Å²) < 4.78 is 2.01. The molecule has 0 N–H and O–H groups in total. The van der Waals surface area contributed by atoms with Crippen molar-refractivity contribution in [3.05, 3.63) is 36.4 Å². The second kappa shape index (κ2) is 7.49. The monoisotopic (exact) mass is 324 g/mol. The first-order chi connectivity index (χ1) is 11.7. The van der Waals surface area contributed by atoms with Crippen LogP contribution in [0.25, 0.3) is 22.4 Å². The van der Waals surface area contributed by atoms with E-state index in [1.54, 1.807) is 12.4 Å². The minimum Gasteiger partial charge on any atom is -0.304 e. The van der Waals surface area contributed by atoms with E-state index in [0.717, 1.165) is 60.7 Å². The fraction of sp³-hybridized carbons (Fsp3) is 0.444. The van der Waals surface area contributed by atoms with Gasteiger partial charge in [0.15, 0.2) is 11.5 Å². The van der Waals surface area contributed by atoms with E-state index in [0.29, 0.717) is 0 Å². The van der Waals surface area contributed by atoms with Gasteiger partial charge in [-0.2, -0.15) is 5.10 Å². The molecule has 0 radical (unpaired) electrons. The van der Waals surface area contributed by atoms with Gasteiger partial charge in [0, 0.05) is 30.7 Å². The molecule has 0 saturated carbocycles. The molecule has 0 spiro atoms. The first-order valence-corrected chi connectivity index (χ1v) is 8.55. The highest BCUT2D eigenvalue weighted by molar-refractivity contribution is 5.79. The number of pyridine rings is 1. The summed E-state index contributed by atoms with van der Waals surface area (Å²) in [5.74, 6) is 0.717. The zero-order valence-corrected chi connectivity index (χ0v) is 14.6. The van der Waals surface area contributed by atoms with Crippen LogP contribution >= 0.6 is 0 Å². The summed E-state index contributed by atoms with van der Waals surface area (Å²) in [4.78, 5) is 15.7. The lowest BCUT2D eigenvalue weighted by Crippen LogP contribution is -2.25. The van der Waals surface area contributed by atoms with Gasteiger partial charge in [-0.1, -0.05) is 13.8 Å². The SMILES string of the molecule is CCN(CC)CCCn1nc(C)c2cnc(-c3ccncc3)nc21. The molecule has 0 saturated heterocycles. The van der Waals surface area contributed by atoms with E-state index in [2.05, 4.69) is 33.8 Å². The number of aromatic nitrogens is 5. The van der Waals surface area contributed by atoms with E-state index in [1.165, 1.54) is 0 Å². The molecule has 0 fully saturated rings. The first-order valence-electron chi connectivity index (χ1n) is 8.55. The molecular weight excluding hydrogens is 300 g/mol. The molecule has 0 amide bonds. The van der Waals surface area contributed by atoms with Crippen LogP contribution in [-0.2, 0) is 6.54 Å². The molecule has 6 heteroatoms. The zero-order valence-electron chi connectivity index (χ0n) is 14.6. The van der Waals surface area contributed by atoms with Crippen molar-refractivity contribution >= 4 is 11.0 Å². The highest BCUT2D eigenvalue weighted by Gasteiger charge is 2.12. The molecule has 0 aliphatic heterocycles. The van der Waals surface area contributed by atoms with Crippen molar-refractivity contribution in [2.24, 2.45) is 0 Å². The Morgan fingerprint density at radius 2 is 1.88 bits per heavy atom. The van der Waals surface area contributed by atoms with Gasteiger partial charge in [0.05, 0.1) is 11.1 Å². The largest absolute Gasteiger partial charge is 0.304 e. The smallest absolute Gasteiger partial charge is 0.162 e. The van der Waals surface area contributed by atoms with Crippen molar-refractivity contribution < 1.29 is 0 Å². The fourth-order valence-corrected chi connectivity index (χ4v) is 2.89. The Kier molecular flexibility index (Phi) is 5.15. The average molecular weight is 324 g/mol. The number of hydrogen-bond donors (Lipinski definition) is 0. The van der Waals surface area contributed by atoms with E-state index in [1.807, 2.05) is 29.9 Å².